The van der Waals surface area contributed by atoms with Crippen LogP contribution in [-0.4, -0.2) is 5.11 Å². The largest absolute Gasteiger partial charge is 0.390 e. The molecule has 1 rings (SSSR count). The Hall–Kier alpha value is -0.890. The predicted octanol–water partition coefficient (Wildman–Crippen LogP) is 2.23. The van der Waals surface area contributed by atoms with Crippen molar-refractivity contribution in [2.45, 2.75) is 13.1 Å². The molecular formula is C9H10FO. The average Bonchev–Trinajstić information content (AvgIpc) is 2.06. The van der Waals surface area contributed by atoms with Crippen molar-refractivity contribution in [3.63, 3.8) is 0 Å². The normalized spacial score (nSPS) is 10.0. The van der Waals surface area contributed by atoms with E-state index in [1.54, 1.807) is 18.2 Å². The average molecular weight is 153 g/mol. The molecule has 0 aromatic heterocycles. The van der Waals surface area contributed by atoms with Crippen LogP contribution in [0, 0.1) is 6.61 Å². The van der Waals surface area contributed by atoms with Crippen LogP contribution in [0.25, 0.3) is 0 Å². The van der Waals surface area contributed by atoms with E-state index in [0.29, 0.717) is 12.0 Å². The Morgan fingerprint density at radius 2 is 2.09 bits per heavy atom. The van der Waals surface area contributed by atoms with E-state index in [0.717, 1.165) is 12.2 Å². The first kappa shape index (κ1) is 8.21. The van der Waals surface area contributed by atoms with Crippen LogP contribution >= 0.6 is 0 Å². The zero-order valence-electron chi connectivity index (χ0n) is 6.13. The highest BCUT2D eigenvalue weighted by Gasteiger charge is 1.94. The highest BCUT2D eigenvalue weighted by atomic mass is 19.1. The zero-order valence-corrected chi connectivity index (χ0v) is 6.13. The summed E-state index contributed by atoms with van der Waals surface area (Å²) in [6.45, 7) is 0.622. The second kappa shape index (κ2) is 4.09. The molecule has 0 atom stereocenters. The molecule has 11 heavy (non-hydrogen) atoms. The lowest BCUT2D eigenvalue weighted by Gasteiger charge is -1.98. The number of rotatable bonds is 3. The third-order valence-electron chi connectivity index (χ3n) is 1.47. The van der Waals surface area contributed by atoms with Crippen LogP contribution in [0.15, 0.2) is 24.3 Å². The van der Waals surface area contributed by atoms with Crippen molar-refractivity contribution in [2.24, 2.45) is 0 Å². The predicted molar refractivity (Wildman–Crippen MR) is 41.2 cm³/mol. The Kier molecular flexibility index (Phi) is 3.05. The highest BCUT2D eigenvalue weighted by Crippen LogP contribution is 2.07. The van der Waals surface area contributed by atoms with E-state index in [2.05, 4.69) is 0 Å². The summed E-state index contributed by atoms with van der Waals surface area (Å²) in [5, 5.41) is 8.46. The van der Waals surface area contributed by atoms with E-state index < -0.39 is 6.67 Å². The van der Waals surface area contributed by atoms with Gasteiger partial charge in [0, 0.05) is 6.42 Å². The first-order valence-corrected chi connectivity index (χ1v) is 3.46. The highest BCUT2D eigenvalue weighted by molar-refractivity contribution is 5.23. The van der Waals surface area contributed by atoms with Gasteiger partial charge in [-0.25, -0.2) is 4.39 Å². The van der Waals surface area contributed by atoms with Gasteiger partial charge < -0.3 is 5.11 Å². The summed E-state index contributed by atoms with van der Waals surface area (Å²) in [5.41, 5.74) is 1.59. The molecule has 0 amide bonds. The van der Waals surface area contributed by atoms with Crippen LogP contribution in [0.1, 0.15) is 11.1 Å². The fourth-order valence-electron chi connectivity index (χ4n) is 0.945. The molecule has 0 aliphatic rings. The minimum Gasteiger partial charge on any atom is -0.390 e. The van der Waals surface area contributed by atoms with Crippen LogP contribution in [0.3, 0.4) is 0 Å². The molecule has 1 aromatic rings. The minimum atomic E-state index is -0.445. The Morgan fingerprint density at radius 3 is 2.73 bits per heavy atom. The summed E-state index contributed by atoms with van der Waals surface area (Å²) >= 11 is 0. The van der Waals surface area contributed by atoms with Crippen LogP contribution in [0.2, 0.25) is 0 Å². The molecule has 0 aliphatic carbocycles. The molecule has 1 radical (unpaired) electrons. The van der Waals surface area contributed by atoms with Crippen molar-refractivity contribution in [3.05, 3.63) is 42.0 Å². The van der Waals surface area contributed by atoms with Gasteiger partial charge in [-0.05, 0) is 11.1 Å². The molecule has 0 fully saturated rings. The lowest BCUT2D eigenvalue weighted by Crippen LogP contribution is -1.86. The van der Waals surface area contributed by atoms with Gasteiger partial charge in [-0.15, -0.1) is 0 Å². The molecular weight excluding hydrogens is 143 g/mol. The molecule has 1 aromatic carbocycles. The minimum absolute atomic E-state index is 0.445. The molecule has 0 saturated heterocycles. The van der Waals surface area contributed by atoms with E-state index in [1.807, 2.05) is 6.07 Å². The van der Waals surface area contributed by atoms with Crippen molar-refractivity contribution in [1.82, 2.24) is 0 Å². The Balaban J connectivity index is 2.74. The quantitative estimate of drug-likeness (QED) is 0.706. The monoisotopic (exact) mass is 153 g/mol. The van der Waals surface area contributed by atoms with Gasteiger partial charge in [-0.1, -0.05) is 24.3 Å². The maximum atomic E-state index is 12.1. The molecule has 0 aliphatic heterocycles. The van der Waals surface area contributed by atoms with Gasteiger partial charge in [-0.3, -0.25) is 0 Å². The van der Waals surface area contributed by atoms with Gasteiger partial charge in [0.25, 0.3) is 0 Å². The van der Waals surface area contributed by atoms with Gasteiger partial charge in [-0.2, -0.15) is 0 Å². The molecule has 0 spiro atoms. The second-order valence-electron chi connectivity index (χ2n) is 2.34. The maximum Gasteiger partial charge on any atom is 0.115 e. The van der Waals surface area contributed by atoms with Crippen molar-refractivity contribution in [3.8, 4) is 0 Å². The van der Waals surface area contributed by atoms with Crippen molar-refractivity contribution >= 4 is 0 Å². The van der Waals surface area contributed by atoms with Gasteiger partial charge in [0.1, 0.15) is 6.67 Å². The number of aliphatic hydroxyl groups excluding tert-OH is 1. The fourth-order valence-corrected chi connectivity index (χ4v) is 0.945. The smallest absolute Gasteiger partial charge is 0.115 e. The lowest BCUT2D eigenvalue weighted by atomic mass is 10.1. The van der Waals surface area contributed by atoms with Gasteiger partial charge in [0.15, 0.2) is 0 Å². The van der Waals surface area contributed by atoms with Gasteiger partial charge in [0.2, 0.25) is 0 Å². The summed E-state index contributed by atoms with van der Waals surface area (Å²) < 4.78 is 12.1. The first-order valence-electron chi connectivity index (χ1n) is 3.46. The summed E-state index contributed by atoms with van der Waals surface area (Å²) in [6.07, 6.45) is 0.480. The molecule has 59 valence electrons. The number of hydrogen-bond acceptors (Lipinski definition) is 1. The molecule has 0 heterocycles. The maximum absolute atomic E-state index is 12.1. The molecule has 0 unspecified atom stereocenters. The standard InChI is InChI=1S/C9H10FO/c10-7-9-3-1-2-8(6-9)4-5-11/h1-3,5-6,11H,4,7H2. The number of benzene rings is 1. The lowest BCUT2D eigenvalue weighted by molar-refractivity contribution is 0.385. The van der Waals surface area contributed by atoms with Crippen LogP contribution in [0.5, 0.6) is 0 Å². The van der Waals surface area contributed by atoms with E-state index in [-0.39, 0.29) is 0 Å². The molecule has 2 heteroatoms. The topological polar surface area (TPSA) is 20.2 Å². The third kappa shape index (κ3) is 2.31. The van der Waals surface area contributed by atoms with Crippen molar-refractivity contribution in [1.29, 1.82) is 0 Å². The van der Waals surface area contributed by atoms with Crippen LogP contribution in [-0.2, 0) is 13.1 Å². The third-order valence-corrected chi connectivity index (χ3v) is 1.47. The van der Waals surface area contributed by atoms with Crippen molar-refractivity contribution < 1.29 is 9.50 Å². The first-order chi connectivity index (χ1) is 5.36. The SMILES string of the molecule is O[CH]Cc1cccc(CF)c1. The number of alkyl halides is 1. The van der Waals surface area contributed by atoms with E-state index in [1.165, 1.54) is 0 Å². The van der Waals surface area contributed by atoms with Crippen LogP contribution < -0.4 is 0 Å². The number of aliphatic hydroxyl groups is 1. The summed E-state index contributed by atoms with van der Waals surface area (Å²) in [5.74, 6) is 0. The number of hydrogen-bond donors (Lipinski definition) is 1. The number of halogens is 1. The second-order valence-corrected chi connectivity index (χ2v) is 2.34. The molecule has 1 N–H and O–H groups in total. The van der Waals surface area contributed by atoms with Gasteiger partial charge >= 0.3 is 0 Å². The molecule has 0 bridgehead atoms. The zero-order chi connectivity index (χ0) is 8.10. The summed E-state index contributed by atoms with van der Waals surface area (Å²) in [4.78, 5) is 0. The van der Waals surface area contributed by atoms with Crippen LogP contribution in [0.4, 0.5) is 4.39 Å². The van der Waals surface area contributed by atoms with E-state index >= 15 is 0 Å². The van der Waals surface area contributed by atoms with E-state index in [4.69, 9.17) is 5.11 Å². The Bertz CT molecular complexity index is 223. The Morgan fingerprint density at radius 1 is 1.36 bits per heavy atom. The Labute approximate surface area is 65.5 Å². The molecule has 0 saturated carbocycles. The van der Waals surface area contributed by atoms with E-state index in [9.17, 15) is 4.39 Å². The molecule has 1 nitrogen and oxygen atoms in total. The van der Waals surface area contributed by atoms with Gasteiger partial charge in [0.05, 0.1) is 6.61 Å². The van der Waals surface area contributed by atoms with Crippen molar-refractivity contribution in [2.75, 3.05) is 0 Å². The summed E-state index contributed by atoms with van der Waals surface area (Å²) in [6, 6.07) is 7.10. The fraction of sp³-hybridized carbons (Fsp3) is 0.222. The summed E-state index contributed by atoms with van der Waals surface area (Å²) in [7, 11) is 0.